The first kappa shape index (κ1) is 28.7. The number of hydrogen-bond acceptors (Lipinski definition) is 8. The molecule has 3 atom stereocenters. The van der Waals surface area contributed by atoms with E-state index in [9.17, 15) is 19.5 Å². The van der Waals surface area contributed by atoms with Crippen LogP contribution in [0, 0.1) is 12.3 Å². The number of thiazole rings is 1. The number of likely N-dealkylation sites (tertiary alicyclic amines) is 1. The molecule has 0 aliphatic carbocycles. The Hall–Kier alpha value is -2.86. The predicted octanol–water partition coefficient (Wildman–Crippen LogP) is 1.24. The summed E-state index contributed by atoms with van der Waals surface area (Å²) in [4.78, 5) is 45.7. The van der Waals surface area contributed by atoms with Crippen LogP contribution in [0.15, 0.2) is 29.8 Å². The number of aliphatic hydroxyl groups excluding tert-OH is 2. The number of ether oxygens (including phenoxy) is 1. The number of hydrogen-bond donors (Lipinski definition) is 4. The van der Waals surface area contributed by atoms with Crippen LogP contribution < -0.4 is 10.6 Å². The molecule has 3 rings (SSSR count). The van der Waals surface area contributed by atoms with Gasteiger partial charge in [0.15, 0.2) is 0 Å². The van der Waals surface area contributed by atoms with Crippen LogP contribution >= 0.6 is 11.3 Å². The Kier molecular flexibility index (Phi) is 9.77. The van der Waals surface area contributed by atoms with Crippen LogP contribution in [0.4, 0.5) is 0 Å². The summed E-state index contributed by atoms with van der Waals surface area (Å²) in [7, 11) is 0. The topological polar surface area (TPSA) is 141 Å². The summed E-state index contributed by atoms with van der Waals surface area (Å²) >= 11 is 1.57. The first-order valence-corrected chi connectivity index (χ1v) is 13.1. The SMILES string of the molecule is Cc1ncsc1-c1ccc(CNC(=O)[C@@H]2C[C@@H](O)CN2C(=O)[C@@H](NC(=O)COCCO)C(C)(C)C)cc1. The maximum Gasteiger partial charge on any atom is 0.246 e. The van der Waals surface area contributed by atoms with E-state index in [0.717, 1.165) is 21.7 Å². The highest BCUT2D eigenvalue weighted by Gasteiger charge is 2.44. The van der Waals surface area contributed by atoms with E-state index in [0.29, 0.717) is 0 Å². The van der Waals surface area contributed by atoms with Gasteiger partial charge in [-0.25, -0.2) is 4.98 Å². The third kappa shape index (κ3) is 7.57. The Morgan fingerprint density at radius 1 is 1.24 bits per heavy atom. The molecule has 1 aromatic carbocycles. The van der Waals surface area contributed by atoms with Crippen LogP contribution in [0.3, 0.4) is 0 Å². The Morgan fingerprint density at radius 3 is 2.54 bits per heavy atom. The number of aliphatic hydroxyl groups is 2. The summed E-state index contributed by atoms with van der Waals surface area (Å²) in [5.74, 6) is -1.30. The second kappa shape index (κ2) is 12.6. The van der Waals surface area contributed by atoms with Crippen molar-refractivity contribution in [1.29, 1.82) is 0 Å². The zero-order chi connectivity index (χ0) is 27.2. The molecule has 10 nitrogen and oxygen atoms in total. The summed E-state index contributed by atoms with van der Waals surface area (Å²) in [5.41, 5.74) is 4.08. The van der Waals surface area contributed by atoms with E-state index >= 15 is 0 Å². The van der Waals surface area contributed by atoms with Crippen LogP contribution in [0.2, 0.25) is 0 Å². The molecule has 1 aliphatic heterocycles. The highest BCUT2D eigenvalue weighted by Crippen LogP contribution is 2.28. The van der Waals surface area contributed by atoms with E-state index in [1.165, 1.54) is 4.90 Å². The van der Waals surface area contributed by atoms with Gasteiger partial charge in [-0.1, -0.05) is 45.0 Å². The Bertz CT molecular complexity index is 1080. The number of β-amino-alcohol motifs (C(OH)–C–C–N with tert-alkyl or cyclic N) is 1. The Labute approximate surface area is 221 Å². The number of carbonyl (C=O) groups excluding carboxylic acids is 3. The highest BCUT2D eigenvalue weighted by atomic mass is 32.1. The van der Waals surface area contributed by atoms with Crippen molar-refractivity contribution >= 4 is 29.1 Å². The Morgan fingerprint density at radius 2 is 1.95 bits per heavy atom. The molecule has 1 saturated heterocycles. The van der Waals surface area contributed by atoms with E-state index in [4.69, 9.17) is 9.84 Å². The third-order valence-electron chi connectivity index (χ3n) is 6.18. The summed E-state index contributed by atoms with van der Waals surface area (Å²) in [6, 6.07) is 6.06. The quantitative estimate of drug-likeness (QED) is 0.337. The first-order chi connectivity index (χ1) is 17.5. The molecule has 0 saturated carbocycles. The molecule has 0 spiro atoms. The number of nitrogens with zero attached hydrogens (tertiary/aromatic N) is 2. The van der Waals surface area contributed by atoms with Crippen molar-refractivity contribution in [2.45, 2.75) is 58.8 Å². The molecule has 0 radical (unpaired) electrons. The lowest BCUT2D eigenvalue weighted by molar-refractivity contribution is -0.144. The van der Waals surface area contributed by atoms with Gasteiger partial charge in [-0.3, -0.25) is 14.4 Å². The van der Waals surface area contributed by atoms with Gasteiger partial charge >= 0.3 is 0 Å². The normalized spacial score (nSPS) is 18.5. The smallest absolute Gasteiger partial charge is 0.246 e. The number of rotatable bonds is 10. The van der Waals surface area contributed by atoms with Gasteiger partial charge in [-0.05, 0) is 23.5 Å². The number of amides is 3. The zero-order valence-electron chi connectivity index (χ0n) is 21.7. The fraction of sp³-hybridized carbons (Fsp3) is 0.538. The lowest BCUT2D eigenvalue weighted by atomic mass is 9.85. The second-order valence-corrected chi connectivity index (χ2v) is 11.1. The maximum atomic E-state index is 13.5. The molecule has 11 heteroatoms. The first-order valence-electron chi connectivity index (χ1n) is 12.2. The molecular formula is C26H36N4O6S. The number of benzene rings is 1. The molecule has 1 aromatic heterocycles. The standard InChI is InChI=1S/C26H36N4O6S/c1-16-22(37-15-28-16)18-7-5-17(6-8-18)12-27-24(34)20-11-19(32)13-30(20)25(35)23(26(2,3)4)29-21(33)14-36-10-9-31/h5-8,15,19-20,23,31-32H,9-14H2,1-4H3,(H,27,34)(H,29,33)/t19-,20+,23-/m1/s1. The summed E-state index contributed by atoms with van der Waals surface area (Å²) in [5, 5.41) is 24.7. The van der Waals surface area contributed by atoms with Gasteiger partial charge < -0.3 is 30.5 Å². The second-order valence-electron chi connectivity index (χ2n) is 10.2. The van der Waals surface area contributed by atoms with Gasteiger partial charge in [0.2, 0.25) is 17.7 Å². The van der Waals surface area contributed by atoms with Crippen molar-refractivity contribution in [2.75, 3.05) is 26.4 Å². The number of carbonyl (C=O) groups is 3. The highest BCUT2D eigenvalue weighted by molar-refractivity contribution is 7.13. The Balaban J connectivity index is 1.65. The van der Waals surface area contributed by atoms with Crippen LogP contribution in [0.1, 0.15) is 38.4 Å². The third-order valence-corrected chi connectivity index (χ3v) is 7.16. The van der Waals surface area contributed by atoms with Crippen molar-refractivity contribution < 1.29 is 29.3 Å². The average molecular weight is 533 g/mol. The molecule has 1 aliphatic rings. The van der Waals surface area contributed by atoms with Crippen molar-refractivity contribution in [3.63, 3.8) is 0 Å². The fourth-order valence-electron chi connectivity index (χ4n) is 4.21. The number of aromatic nitrogens is 1. The van der Waals surface area contributed by atoms with E-state index in [1.807, 2.05) is 57.5 Å². The number of nitrogens with one attached hydrogen (secondary N) is 2. The van der Waals surface area contributed by atoms with Crippen molar-refractivity contribution in [2.24, 2.45) is 5.41 Å². The van der Waals surface area contributed by atoms with Crippen LogP contribution in [-0.2, 0) is 25.7 Å². The van der Waals surface area contributed by atoms with Gasteiger partial charge in [-0.15, -0.1) is 11.3 Å². The van der Waals surface area contributed by atoms with E-state index in [-0.39, 0.29) is 45.2 Å². The minimum absolute atomic E-state index is 0.00325. The zero-order valence-corrected chi connectivity index (χ0v) is 22.5. The summed E-state index contributed by atoms with van der Waals surface area (Å²) in [6.07, 6.45) is -0.725. The lowest BCUT2D eigenvalue weighted by Gasteiger charge is -2.35. The average Bonchev–Trinajstić information content (AvgIpc) is 3.46. The fourth-order valence-corrected chi connectivity index (χ4v) is 5.02. The van der Waals surface area contributed by atoms with Crippen LogP contribution in [-0.4, -0.2) is 82.4 Å². The van der Waals surface area contributed by atoms with E-state index in [2.05, 4.69) is 15.6 Å². The largest absolute Gasteiger partial charge is 0.394 e. The van der Waals surface area contributed by atoms with Crippen molar-refractivity contribution in [1.82, 2.24) is 20.5 Å². The van der Waals surface area contributed by atoms with E-state index in [1.54, 1.807) is 11.3 Å². The molecule has 202 valence electrons. The van der Waals surface area contributed by atoms with Gasteiger partial charge in [0.1, 0.15) is 18.7 Å². The molecule has 4 N–H and O–H groups in total. The molecule has 2 aromatic rings. The summed E-state index contributed by atoms with van der Waals surface area (Å²) in [6.45, 7) is 7.16. The minimum Gasteiger partial charge on any atom is -0.394 e. The monoisotopic (exact) mass is 532 g/mol. The van der Waals surface area contributed by atoms with Gasteiger partial charge in [-0.2, -0.15) is 0 Å². The molecule has 0 unspecified atom stereocenters. The van der Waals surface area contributed by atoms with Gasteiger partial charge in [0.25, 0.3) is 0 Å². The van der Waals surface area contributed by atoms with Crippen LogP contribution in [0.25, 0.3) is 10.4 Å². The van der Waals surface area contributed by atoms with E-state index < -0.39 is 35.4 Å². The molecule has 37 heavy (non-hydrogen) atoms. The van der Waals surface area contributed by atoms with Crippen molar-refractivity contribution in [3.05, 3.63) is 41.0 Å². The molecule has 1 fully saturated rings. The van der Waals surface area contributed by atoms with Crippen molar-refractivity contribution in [3.8, 4) is 10.4 Å². The lowest BCUT2D eigenvalue weighted by Crippen LogP contribution is -2.58. The predicted molar refractivity (Wildman–Crippen MR) is 140 cm³/mol. The van der Waals surface area contributed by atoms with Gasteiger partial charge in [0, 0.05) is 19.5 Å². The summed E-state index contributed by atoms with van der Waals surface area (Å²) < 4.78 is 5.05. The molecule has 0 bridgehead atoms. The number of aryl methyl sites for hydroxylation is 1. The minimum atomic E-state index is -0.930. The van der Waals surface area contributed by atoms with Gasteiger partial charge in [0.05, 0.1) is 35.4 Å². The molecule has 2 heterocycles. The molecular weight excluding hydrogens is 496 g/mol. The maximum absolute atomic E-state index is 13.5. The van der Waals surface area contributed by atoms with Crippen LogP contribution in [0.5, 0.6) is 0 Å². The molecule has 3 amide bonds.